The van der Waals surface area contributed by atoms with Gasteiger partial charge in [0.05, 0.1) is 0 Å². The molecule has 1 aromatic carbocycles. The van der Waals surface area contributed by atoms with Crippen molar-refractivity contribution in [3.63, 3.8) is 0 Å². The summed E-state index contributed by atoms with van der Waals surface area (Å²) in [4.78, 5) is 0. The van der Waals surface area contributed by atoms with E-state index in [1.54, 1.807) is 6.21 Å². The quantitative estimate of drug-likeness (QED) is 0.392. The molecular formula is C9H12N4S. The lowest BCUT2D eigenvalue weighted by Crippen LogP contribution is -2.24. The molecule has 0 bridgehead atoms. The number of thiocarbonyl (C=S) groups is 1. The molecule has 0 saturated carbocycles. The first-order valence-electron chi connectivity index (χ1n) is 4.16. The Labute approximate surface area is 88.2 Å². The van der Waals surface area contributed by atoms with Crippen molar-refractivity contribution in [2.75, 3.05) is 11.9 Å². The van der Waals surface area contributed by atoms with Gasteiger partial charge in [-0.1, -0.05) is 18.2 Å². The van der Waals surface area contributed by atoms with Gasteiger partial charge in [0.2, 0.25) is 0 Å². The molecule has 4 N–H and O–H groups in total. The average molecular weight is 208 g/mol. The highest BCUT2D eigenvalue weighted by Crippen LogP contribution is 2.03. The van der Waals surface area contributed by atoms with Crippen molar-refractivity contribution in [3.8, 4) is 0 Å². The Morgan fingerprint density at radius 3 is 2.79 bits per heavy atom. The maximum atomic E-state index is 5.21. The molecule has 0 radical (unpaired) electrons. The zero-order chi connectivity index (χ0) is 10.2. The fourth-order valence-corrected chi connectivity index (χ4v) is 1.01. The molecule has 14 heavy (non-hydrogen) atoms. The number of nitrogens with one attached hydrogen (secondary N) is 2. The molecule has 1 rings (SSSR count). The number of para-hydroxylation sites is 1. The molecule has 0 aliphatic rings. The van der Waals surface area contributed by atoms with Crippen LogP contribution in [0.15, 0.2) is 35.4 Å². The second-order valence-corrected chi connectivity index (χ2v) is 2.89. The molecule has 0 saturated heterocycles. The summed E-state index contributed by atoms with van der Waals surface area (Å²) in [6.07, 6.45) is 1.54. The van der Waals surface area contributed by atoms with Gasteiger partial charge in [-0.05, 0) is 24.4 Å². The molecule has 0 aromatic heterocycles. The minimum Gasteiger partial charge on any atom is -0.331 e. The highest BCUT2D eigenvalue weighted by Gasteiger charge is 1.92. The number of hydrogen-bond acceptors (Lipinski definition) is 3. The molecule has 5 heteroatoms. The third-order valence-corrected chi connectivity index (χ3v) is 1.59. The van der Waals surface area contributed by atoms with Crippen LogP contribution in [0.2, 0.25) is 0 Å². The second-order valence-electron chi connectivity index (χ2n) is 2.48. The molecule has 74 valence electrons. The maximum absolute atomic E-state index is 5.21. The van der Waals surface area contributed by atoms with Crippen LogP contribution in [-0.2, 0) is 0 Å². The van der Waals surface area contributed by atoms with Crippen LogP contribution in [0.1, 0.15) is 0 Å². The summed E-state index contributed by atoms with van der Waals surface area (Å²) in [6, 6.07) is 9.62. The normalized spacial score (nSPS) is 10.1. The maximum Gasteiger partial charge on any atom is 0.191 e. The zero-order valence-corrected chi connectivity index (χ0v) is 8.42. The highest BCUT2D eigenvalue weighted by atomic mass is 32.1. The summed E-state index contributed by atoms with van der Waals surface area (Å²) in [6.45, 7) is 0.390. The van der Waals surface area contributed by atoms with Crippen LogP contribution in [0.4, 0.5) is 5.69 Å². The van der Waals surface area contributed by atoms with Crippen molar-refractivity contribution >= 4 is 29.2 Å². The summed E-state index contributed by atoms with van der Waals surface area (Å²) in [7, 11) is 0. The molecule has 0 spiro atoms. The van der Waals surface area contributed by atoms with E-state index in [-0.39, 0.29) is 0 Å². The SMILES string of the molecule is NCC=NNC(=S)Nc1ccccc1. The molecule has 4 nitrogen and oxygen atoms in total. The monoisotopic (exact) mass is 208 g/mol. The molecule has 0 unspecified atom stereocenters. The van der Waals surface area contributed by atoms with Gasteiger partial charge in [0.15, 0.2) is 5.11 Å². The highest BCUT2D eigenvalue weighted by molar-refractivity contribution is 7.80. The molecule has 1 aromatic rings. The first-order chi connectivity index (χ1) is 6.83. The van der Waals surface area contributed by atoms with E-state index in [0.29, 0.717) is 11.7 Å². The number of nitrogens with two attached hydrogens (primary N) is 1. The van der Waals surface area contributed by atoms with Gasteiger partial charge >= 0.3 is 0 Å². The van der Waals surface area contributed by atoms with Crippen LogP contribution in [0, 0.1) is 0 Å². The number of benzene rings is 1. The Kier molecular flexibility index (Phi) is 4.60. The summed E-state index contributed by atoms with van der Waals surface area (Å²) < 4.78 is 0. The van der Waals surface area contributed by atoms with E-state index in [0.717, 1.165) is 5.69 Å². The Morgan fingerprint density at radius 2 is 2.14 bits per heavy atom. The van der Waals surface area contributed by atoms with Gasteiger partial charge in [-0.15, -0.1) is 0 Å². The molecule has 0 aliphatic heterocycles. The van der Waals surface area contributed by atoms with Gasteiger partial charge in [0.25, 0.3) is 0 Å². The fourth-order valence-electron chi connectivity index (χ4n) is 0.838. The molecule has 0 atom stereocenters. The Morgan fingerprint density at radius 1 is 1.43 bits per heavy atom. The van der Waals surface area contributed by atoms with E-state index in [1.165, 1.54) is 0 Å². The predicted octanol–water partition coefficient (Wildman–Crippen LogP) is 0.918. The van der Waals surface area contributed by atoms with Crippen molar-refractivity contribution < 1.29 is 0 Å². The van der Waals surface area contributed by atoms with Crippen molar-refractivity contribution in [2.24, 2.45) is 10.8 Å². The number of anilines is 1. The van der Waals surface area contributed by atoms with E-state index < -0.39 is 0 Å². The van der Waals surface area contributed by atoms with E-state index in [4.69, 9.17) is 18.0 Å². The van der Waals surface area contributed by atoms with Crippen molar-refractivity contribution in [1.82, 2.24) is 5.43 Å². The third kappa shape index (κ3) is 3.97. The topological polar surface area (TPSA) is 62.4 Å². The largest absolute Gasteiger partial charge is 0.331 e. The van der Waals surface area contributed by atoms with Crippen molar-refractivity contribution in [1.29, 1.82) is 0 Å². The van der Waals surface area contributed by atoms with Crippen LogP contribution >= 0.6 is 12.2 Å². The van der Waals surface area contributed by atoms with Gasteiger partial charge in [0, 0.05) is 18.4 Å². The Balaban J connectivity index is 2.38. The van der Waals surface area contributed by atoms with Gasteiger partial charge in [-0.3, -0.25) is 5.43 Å². The molecular weight excluding hydrogens is 196 g/mol. The number of hydrazone groups is 1. The Bertz CT molecular complexity index is 310. The zero-order valence-electron chi connectivity index (χ0n) is 7.60. The lowest BCUT2D eigenvalue weighted by atomic mass is 10.3. The number of nitrogens with zero attached hydrogens (tertiary/aromatic N) is 1. The van der Waals surface area contributed by atoms with Gasteiger partial charge < -0.3 is 11.1 Å². The fraction of sp³-hybridized carbons (Fsp3) is 0.111. The van der Waals surface area contributed by atoms with Crippen LogP contribution in [-0.4, -0.2) is 17.9 Å². The minimum atomic E-state index is 0.390. The van der Waals surface area contributed by atoms with Gasteiger partial charge in [-0.2, -0.15) is 5.10 Å². The van der Waals surface area contributed by atoms with Crippen molar-refractivity contribution in [3.05, 3.63) is 30.3 Å². The summed E-state index contributed by atoms with van der Waals surface area (Å²) >= 11 is 4.97. The molecule has 0 amide bonds. The van der Waals surface area contributed by atoms with Gasteiger partial charge in [0.1, 0.15) is 0 Å². The Hall–Kier alpha value is -1.46. The van der Waals surface area contributed by atoms with E-state index in [1.807, 2.05) is 30.3 Å². The minimum absolute atomic E-state index is 0.390. The first kappa shape index (κ1) is 10.6. The van der Waals surface area contributed by atoms with Crippen LogP contribution < -0.4 is 16.5 Å². The summed E-state index contributed by atoms with van der Waals surface area (Å²) in [5.74, 6) is 0. The van der Waals surface area contributed by atoms with Crippen LogP contribution in [0.25, 0.3) is 0 Å². The van der Waals surface area contributed by atoms with Crippen LogP contribution in [0.5, 0.6) is 0 Å². The first-order valence-corrected chi connectivity index (χ1v) is 4.57. The molecule has 0 fully saturated rings. The summed E-state index contributed by atoms with van der Waals surface area (Å²) in [5.41, 5.74) is 8.78. The number of rotatable bonds is 3. The predicted molar refractivity (Wildman–Crippen MR) is 63.3 cm³/mol. The lowest BCUT2D eigenvalue weighted by molar-refractivity contribution is 1.04. The number of hydrogen-bond donors (Lipinski definition) is 3. The van der Waals surface area contributed by atoms with Gasteiger partial charge in [-0.25, -0.2) is 0 Å². The van der Waals surface area contributed by atoms with E-state index >= 15 is 0 Å². The average Bonchev–Trinajstić information content (AvgIpc) is 2.20. The third-order valence-electron chi connectivity index (χ3n) is 1.39. The second kappa shape index (κ2) is 6.06. The van der Waals surface area contributed by atoms with Crippen LogP contribution in [0.3, 0.4) is 0 Å². The smallest absolute Gasteiger partial charge is 0.191 e. The van der Waals surface area contributed by atoms with Crippen molar-refractivity contribution in [2.45, 2.75) is 0 Å². The standard InChI is InChI=1S/C9H12N4S/c10-6-7-11-13-9(14)12-8-4-2-1-3-5-8/h1-5,7H,6,10H2,(H2,12,13,14). The van der Waals surface area contributed by atoms with E-state index in [9.17, 15) is 0 Å². The summed E-state index contributed by atoms with van der Waals surface area (Å²) in [5, 5.41) is 7.19. The molecule has 0 aliphatic carbocycles. The molecule has 0 heterocycles. The lowest BCUT2D eigenvalue weighted by Gasteiger charge is -2.05. The van der Waals surface area contributed by atoms with E-state index in [2.05, 4.69) is 15.8 Å².